The Balaban J connectivity index is 0.000000632. The third-order valence-electron chi connectivity index (χ3n) is 11.8. The number of nitrogens with zero attached hydrogens (tertiary/aromatic N) is 6. The van der Waals surface area contributed by atoms with Crippen molar-refractivity contribution >= 4 is 114 Å². The Morgan fingerprint density at radius 3 is 1.39 bits per heavy atom. The second-order valence-corrected chi connectivity index (χ2v) is 29.4. The van der Waals surface area contributed by atoms with E-state index in [1.54, 1.807) is 44.3 Å². The predicted molar refractivity (Wildman–Crippen MR) is 298 cm³/mol. The van der Waals surface area contributed by atoms with Gasteiger partial charge in [-0.15, -0.1) is 0 Å². The molecule has 6 unspecified atom stereocenters. The number of aliphatic hydroxyl groups excluding tert-OH is 3. The molecule has 3 saturated carbocycles. The summed E-state index contributed by atoms with van der Waals surface area (Å²) in [5, 5.41) is 28.5. The van der Waals surface area contributed by atoms with Crippen molar-refractivity contribution < 1.29 is 207 Å². The summed E-state index contributed by atoms with van der Waals surface area (Å²) in [5.41, 5.74) is 13.2. The number of carbonyl (C=O) groups is 2. The van der Waals surface area contributed by atoms with Gasteiger partial charge in [-0.2, -0.15) is 23.6 Å². The van der Waals surface area contributed by atoms with E-state index in [0.717, 1.165) is 14.7 Å². The first-order chi connectivity index (χ1) is 41.0. The molecule has 0 saturated heterocycles. The number of hydrogen-bond acceptors (Lipinski definition) is 32. The first-order valence-corrected chi connectivity index (χ1v) is 35.1. The van der Waals surface area contributed by atoms with Gasteiger partial charge in [0.1, 0.15) is 35.4 Å². The molecule has 3 aromatic heterocycles. The maximum absolute atomic E-state index is 11.7. The van der Waals surface area contributed by atoms with Crippen LogP contribution in [0.1, 0.15) is 43.5 Å². The third-order valence-corrected chi connectivity index (χ3v) is 20.3. The second kappa shape index (κ2) is 35.7. The SMILES string of the molecule is CC(C)C(=O)OC[C@]1(CO)C/C1=C/n1ccc(N)nc1=O.Nc1ccn(/C=C2/C[C@]2(CO)COP(=O)(O)OP(=O)(O)OP(=O)(O)O)c(=O)n1.Nc1ccn(/C=C2/C[C@]2(CO)COP(=O)([O-])OP(=O)([O-])OP(=O)([O-])O)c(=O)n1.O=C1OP(Cl)Oc2ccccc21.[Li+].[Li+].[Li+].[Li+]. The van der Waals surface area contributed by atoms with E-state index in [4.69, 9.17) is 57.3 Å². The van der Waals surface area contributed by atoms with Crippen molar-refractivity contribution in [2.75, 3.05) is 56.8 Å². The molecular weight excluding hydrogens is 1390 g/mol. The minimum absolute atomic E-state index is 0. The van der Waals surface area contributed by atoms with Crippen LogP contribution in [0.2, 0.25) is 0 Å². The number of aliphatic hydroxyl groups is 3. The number of phosphoric ester groups is 2. The van der Waals surface area contributed by atoms with E-state index in [2.05, 4.69) is 45.8 Å². The van der Waals surface area contributed by atoms with Crippen molar-refractivity contribution in [2.45, 2.75) is 33.1 Å². The number of fused-ring (bicyclic) bond motifs is 1. The van der Waals surface area contributed by atoms with E-state index in [0.29, 0.717) is 28.9 Å². The number of rotatable bonds is 23. The van der Waals surface area contributed by atoms with E-state index in [9.17, 15) is 86.3 Å². The minimum atomic E-state index is -6.01. The van der Waals surface area contributed by atoms with Crippen molar-refractivity contribution in [2.24, 2.45) is 22.2 Å². The molecule has 14 N–H and O–H groups in total. The van der Waals surface area contributed by atoms with Crippen molar-refractivity contribution in [1.82, 2.24) is 28.7 Å². The fourth-order valence-corrected chi connectivity index (χ4v) is 14.0. The number of nitrogen functional groups attached to an aromatic ring is 3. The Hall–Kier alpha value is -2.97. The Labute approximate surface area is 578 Å². The minimum Gasteiger partial charge on any atom is -0.756 e. The zero-order valence-corrected chi connectivity index (χ0v) is 56.4. The van der Waals surface area contributed by atoms with Crippen LogP contribution in [0.15, 0.2) is 92.2 Å². The zero-order valence-electron chi connectivity index (χ0n) is 49.3. The normalized spacial score (nSPS) is 23.5. The van der Waals surface area contributed by atoms with Crippen LogP contribution in [0, 0.1) is 22.2 Å². The van der Waals surface area contributed by atoms with Gasteiger partial charge in [-0.25, -0.2) is 41.5 Å². The number of esters is 1. The average molecular weight is 1450 g/mol. The van der Waals surface area contributed by atoms with Crippen LogP contribution in [-0.4, -0.2) is 120 Å². The van der Waals surface area contributed by atoms with Crippen LogP contribution < -0.4 is 129 Å². The number of nitrogens with two attached hydrogens (primary N) is 3. The first-order valence-electron chi connectivity index (χ1n) is 24.1. The predicted octanol–water partition coefficient (Wildman–Crippen LogP) is -12.1. The van der Waals surface area contributed by atoms with E-state index < -0.39 is 120 Å². The molecule has 93 heavy (non-hydrogen) atoms. The summed E-state index contributed by atoms with van der Waals surface area (Å²) in [5.74, 6) is -0.309. The Kier molecular flexibility index (Phi) is 33.8. The van der Waals surface area contributed by atoms with E-state index >= 15 is 0 Å². The van der Waals surface area contributed by atoms with Gasteiger partial charge in [0.2, 0.25) is 0 Å². The summed E-state index contributed by atoms with van der Waals surface area (Å²) >= 11 is 5.54. The fourth-order valence-electron chi connectivity index (χ4n) is 6.92. The van der Waals surface area contributed by atoms with Gasteiger partial charge in [-0.05, 0) is 77.6 Å². The smallest absolute Gasteiger partial charge is 0.756 e. The van der Waals surface area contributed by atoms with Crippen LogP contribution in [0.4, 0.5) is 17.5 Å². The topological polar surface area (TPSA) is 633 Å². The molecule has 492 valence electrons. The number of phosphoric acid groups is 6. The number of hydrogen-bond donors (Lipinski definition) is 11. The molecule has 4 heterocycles. The first kappa shape index (κ1) is 88.0. The summed E-state index contributed by atoms with van der Waals surface area (Å²) in [6.07, 6.45) is 9.05. The molecule has 9 atom stereocenters. The second-order valence-electron chi connectivity index (χ2n) is 19.0. The van der Waals surface area contributed by atoms with Gasteiger partial charge < -0.3 is 90.0 Å². The molecule has 0 radical (unpaired) electrons. The largest absolute Gasteiger partial charge is 1.00 e. The van der Waals surface area contributed by atoms with Gasteiger partial charge in [0.25, 0.3) is 23.5 Å². The van der Waals surface area contributed by atoms with E-state index in [1.807, 2.05) is 0 Å². The number of benzene rings is 1. The molecule has 52 heteroatoms. The summed E-state index contributed by atoms with van der Waals surface area (Å²) in [6.45, 7) is 0.788. The Bertz CT molecular complexity index is 3760. The number of aromatic nitrogens is 6. The number of halogens is 1. The molecule has 4 aliphatic rings. The number of ether oxygens (including phenoxy) is 1. The maximum atomic E-state index is 11.7. The Morgan fingerprint density at radius 2 is 1.01 bits per heavy atom. The fraction of sp³-hybridized carbons (Fsp3) is 0.366. The van der Waals surface area contributed by atoms with Gasteiger partial charge >= 0.3 is 136 Å². The molecular formula is C41H52ClLi4N9O31P7+. The van der Waals surface area contributed by atoms with Crippen LogP contribution in [0.5, 0.6) is 5.75 Å². The van der Waals surface area contributed by atoms with Crippen molar-refractivity contribution in [3.63, 3.8) is 0 Å². The Morgan fingerprint density at radius 1 is 0.613 bits per heavy atom. The molecule has 1 aromatic carbocycles. The van der Waals surface area contributed by atoms with Crippen LogP contribution in [0.25, 0.3) is 18.6 Å². The number of carbonyl (C=O) groups excluding carboxylic acids is 2. The summed E-state index contributed by atoms with van der Waals surface area (Å²) in [7, 11) is -35.5. The van der Waals surface area contributed by atoms with Crippen molar-refractivity contribution in [3.8, 4) is 5.75 Å². The van der Waals surface area contributed by atoms with Crippen molar-refractivity contribution in [3.05, 3.63) is 115 Å². The van der Waals surface area contributed by atoms with Gasteiger partial charge in [-0.1, -0.05) is 26.0 Å². The monoisotopic (exact) mass is 1450 g/mol. The van der Waals surface area contributed by atoms with E-state index in [1.165, 1.54) is 53.8 Å². The van der Waals surface area contributed by atoms with Crippen LogP contribution in [0.3, 0.4) is 0 Å². The maximum Gasteiger partial charge on any atom is 1.00 e. The molecule has 3 aliphatic carbocycles. The summed E-state index contributed by atoms with van der Waals surface area (Å²) in [6, 6.07) is 11.0. The van der Waals surface area contributed by atoms with Gasteiger partial charge in [0.15, 0.2) is 0 Å². The molecule has 1 aliphatic heterocycles. The van der Waals surface area contributed by atoms with Gasteiger partial charge in [0.05, 0.1) is 44.4 Å². The van der Waals surface area contributed by atoms with Gasteiger partial charge in [0, 0.05) is 48.0 Å². The zero-order chi connectivity index (χ0) is 66.9. The van der Waals surface area contributed by atoms with Gasteiger partial charge in [-0.3, -0.25) is 36.7 Å². The number of para-hydroxylation sites is 1. The van der Waals surface area contributed by atoms with Crippen LogP contribution >= 0.6 is 65.9 Å². The molecule has 0 bridgehead atoms. The summed E-state index contributed by atoms with van der Waals surface area (Å²) in [4.78, 5) is 145. The molecule has 40 nitrogen and oxygen atoms in total. The molecule has 0 spiro atoms. The molecule has 8 rings (SSSR count). The summed E-state index contributed by atoms with van der Waals surface area (Å²) < 4.78 is 108. The van der Waals surface area contributed by atoms with E-state index in [-0.39, 0.29) is 131 Å². The number of anilines is 3. The third kappa shape index (κ3) is 28.1. The molecule has 0 amide bonds. The standard InChI is InChI=1S/C14H19N3O4.2C10H16N3O12P3.C7H4ClO3P.4Li/c1-9(2)12(19)21-8-14(7-18)5-10(14)6-17-4-3-11(15)16-13(17)20;2*11-8-1-2-13(9(15)12-8)4-7-3-10(7,5-14)6-23-27(19,20)25-28(21,22)24-26(16,17)18;8-12-10-6-4-2-1-3-5(6)7(9)11-12;;;;/h3-4,6,9,18H,5,7-8H2,1-2H3,(H2,15,16,20);2*1-2,4,14H,3,5-6H2,(H,19,20)(H,21,22)(H2,11,12,15)(H2,16,17,18);1-4H;;;;/q;;;;4*+1/p-3/b10-6-;2*7-4-;;;;;/t14-;2*10-;;;;;/m100...../s1. The van der Waals surface area contributed by atoms with Crippen LogP contribution in [-0.2, 0) is 67.7 Å². The quantitative estimate of drug-likeness (QED) is 0.0187. The van der Waals surface area contributed by atoms with Crippen molar-refractivity contribution in [1.29, 1.82) is 0 Å². The average Bonchev–Trinajstić information content (AvgIpc) is 1.62. The molecule has 4 aromatic rings. The molecule has 3 fully saturated rings.